The number of anilines is 4. The lowest BCUT2D eigenvalue weighted by atomic mass is 9.96. The minimum Gasteiger partial charge on any atom is -0.328 e. The lowest BCUT2D eigenvalue weighted by molar-refractivity contribution is 0.967. The summed E-state index contributed by atoms with van der Waals surface area (Å²) in [5, 5.41) is 0. The van der Waals surface area contributed by atoms with Gasteiger partial charge in [-0.25, -0.2) is 0 Å². The Morgan fingerprint density at radius 1 is 0.641 bits per heavy atom. The number of hydrogen-bond acceptors (Lipinski definition) is 3. The van der Waals surface area contributed by atoms with Gasteiger partial charge in [0.15, 0.2) is 0 Å². The van der Waals surface area contributed by atoms with Crippen LogP contribution in [0, 0.1) is 0 Å². The van der Waals surface area contributed by atoms with Crippen LogP contribution in [0.2, 0.25) is 0 Å². The second kappa shape index (κ2) is 9.94. The third-order valence-corrected chi connectivity index (χ3v) is 7.88. The molecule has 0 amide bonds. The maximum absolute atomic E-state index is 6.28. The van der Waals surface area contributed by atoms with Crippen LogP contribution in [0.1, 0.15) is 29.5 Å². The van der Waals surface area contributed by atoms with Crippen molar-refractivity contribution in [3.8, 4) is 11.1 Å². The minimum atomic E-state index is 0.432. The third-order valence-electron chi connectivity index (χ3n) is 7.88. The molecule has 7 rings (SSSR count). The van der Waals surface area contributed by atoms with Gasteiger partial charge in [0.05, 0.1) is 12.4 Å². The van der Waals surface area contributed by atoms with Crippen molar-refractivity contribution in [3.63, 3.8) is 0 Å². The standard InChI is InChI=1S/C36H31N3/c37-25-38-33-15-6-4-9-26(33)11-8-12-30-23-28(19-21-34(30)38)29-20-22-36-31(24-29)18-17-27-10-5-7-16-35(27)39(36)32-13-2-1-3-14-32/h1-4,6,8-10,12-24H,5,7,11,25,37H2. The van der Waals surface area contributed by atoms with Crippen LogP contribution in [0.15, 0.2) is 127 Å². The molecule has 0 unspecified atom stereocenters. The Labute approximate surface area is 230 Å². The van der Waals surface area contributed by atoms with Crippen LogP contribution in [-0.4, -0.2) is 6.67 Å². The number of rotatable bonds is 3. The topological polar surface area (TPSA) is 32.5 Å². The maximum Gasteiger partial charge on any atom is 0.0706 e. The Bertz CT molecular complexity index is 1670. The molecule has 1 aliphatic carbocycles. The van der Waals surface area contributed by atoms with Gasteiger partial charge in [0, 0.05) is 22.8 Å². The van der Waals surface area contributed by atoms with E-state index in [2.05, 4.69) is 137 Å². The molecule has 39 heavy (non-hydrogen) atoms. The number of nitrogens with two attached hydrogens (primary N) is 1. The molecule has 0 saturated heterocycles. The Balaban J connectivity index is 1.32. The molecule has 0 aromatic heterocycles. The highest BCUT2D eigenvalue weighted by Crippen LogP contribution is 2.42. The molecule has 2 N–H and O–H groups in total. The van der Waals surface area contributed by atoms with Crippen molar-refractivity contribution in [1.82, 2.24) is 0 Å². The number of hydrogen-bond donors (Lipinski definition) is 1. The molecule has 0 atom stereocenters. The predicted molar refractivity (Wildman–Crippen MR) is 165 cm³/mol. The molecule has 0 fully saturated rings. The van der Waals surface area contributed by atoms with E-state index in [1.165, 1.54) is 56.1 Å². The molecular weight excluding hydrogens is 474 g/mol. The fourth-order valence-corrected chi connectivity index (χ4v) is 5.99. The van der Waals surface area contributed by atoms with E-state index in [9.17, 15) is 0 Å². The van der Waals surface area contributed by atoms with Crippen molar-refractivity contribution in [1.29, 1.82) is 0 Å². The van der Waals surface area contributed by atoms with Crippen LogP contribution in [0.25, 0.3) is 23.3 Å². The summed E-state index contributed by atoms with van der Waals surface area (Å²) in [6, 6.07) is 32.8. The average Bonchev–Trinajstić information content (AvgIpc) is 3.15. The van der Waals surface area contributed by atoms with Crippen LogP contribution in [0.5, 0.6) is 0 Å². The highest BCUT2D eigenvalue weighted by Gasteiger charge is 2.23. The van der Waals surface area contributed by atoms with Gasteiger partial charge in [-0.05, 0) is 95.1 Å². The summed E-state index contributed by atoms with van der Waals surface area (Å²) in [6.07, 6.45) is 16.8. The lowest BCUT2D eigenvalue weighted by Crippen LogP contribution is -2.26. The number of benzene rings is 4. The molecule has 0 saturated carbocycles. The van der Waals surface area contributed by atoms with E-state index in [1.807, 2.05) is 0 Å². The summed E-state index contributed by atoms with van der Waals surface area (Å²) < 4.78 is 0. The van der Waals surface area contributed by atoms with Crippen molar-refractivity contribution < 1.29 is 0 Å². The van der Waals surface area contributed by atoms with Gasteiger partial charge >= 0.3 is 0 Å². The van der Waals surface area contributed by atoms with E-state index in [0.717, 1.165) is 24.9 Å². The molecule has 0 radical (unpaired) electrons. The van der Waals surface area contributed by atoms with Gasteiger partial charge in [0.25, 0.3) is 0 Å². The highest BCUT2D eigenvalue weighted by atomic mass is 15.2. The monoisotopic (exact) mass is 505 g/mol. The number of nitrogens with zero attached hydrogens (tertiary/aromatic N) is 2. The molecule has 3 nitrogen and oxygen atoms in total. The Morgan fingerprint density at radius 3 is 2.18 bits per heavy atom. The van der Waals surface area contributed by atoms with Crippen LogP contribution in [0.3, 0.4) is 0 Å². The maximum atomic E-state index is 6.28. The normalized spacial score (nSPS) is 15.6. The fraction of sp³-hybridized carbons (Fsp3) is 0.111. The van der Waals surface area contributed by atoms with Gasteiger partial charge in [-0.15, -0.1) is 0 Å². The molecule has 3 heteroatoms. The van der Waals surface area contributed by atoms with Crippen LogP contribution in [-0.2, 0) is 6.42 Å². The van der Waals surface area contributed by atoms with Gasteiger partial charge < -0.3 is 15.5 Å². The summed E-state index contributed by atoms with van der Waals surface area (Å²) in [5.74, 6) is 0. The first kappa shape index (κ1) is 23.5. The average molecular weight is 506 g/mol. The second-order valence-corrected chi connectivity index (χ2v) is 10.2. The number of allylic oxidation sites excluding steroid dienone is 4. The van der Waals surface area contributed by atoms with Gasteiger partial charge in [0.2, 0.25) is 0 Å². The Hall–Kier alpha value is -4.60. The van der Waals surface area contributed by atoms with Gasteiger partial charge in [0.1, 0.15) is 0 Å². The zero-order valence-electron chi connectivity index (χ0n) is 21.9. The summed E-state index contributed by atoms with van der Waals surface area (Å²) in [7, 11) is 0. The van der Waals surface area contributed by atoms with E-state index < -0.39 is 0 Å². The van der Waals surface area contributed by atoms with Crippen molar-refractivity contribution in [2.45, 2.75) is 19.3 Å². The van der Waals surface area contributed by atoms with Crippen molar-refractivity contribution in [2.75, 3.05) is 16.5 Å². The molecule has 0 spiro atoms. The molecule has 0 bridgehead atoms. The summed E-state index contributed by atoms with van der Waals surface area (Å²) in [5.41, 5.74) is 19.6. The van der Waals surface area contributed by atoms with E-state index >= 15 is 0 Å². The second-order valence-electron chi connectivity index (χ2n) is 10.2. The molecule has 2 heterocycles. The summed E-state index contributed by atoms with van der Waals surface area (Å²) >= 11 is 0. The van der Waals surface area contributed by atoms with Gasteiger partial charge in [-0.1, -0.05) is 85.0 Å². The van der Waals surface area contributed by atoms with Crippen LogP contribution >= 0.6 is 0 Å². The molecule has 2 aliphatic heterocycles. The largest absolute Gasteiger partial charge is 0.328 e. The first-order chi connectivity index (χ1) is 19.3. The van der Waals surface area contributed by atoms with Crippen LogP contribution < -0.4 is 15.5 Å². The molecule has 3 aliphatic rings. The molecular formula is C36H31N3. The van der Waals surface area contributed by atoms with Crippen molar-refractivity contribution in [2.24, 2.45) is 5.73 Å². The minimum absolute atomic E-state index is 0.432. The van der Waals surface area contributed by atoms with E-state index in [4.69, 9.17) is 5.73 Å². The predicted octanol–water partition coefficient (Wildman–Crippen LogP) is 8.75. The first-order valence-electron chi connectivity index (χ1n) is 13.7. The zero-order chi connectivity index (χ0) is 26.2. The Morgan fingerprint density at radius 2 is 1.36 bits per heavy atom. The van der Waals surface area contributed by atoms with E-state index in [0.29, 0.717) is 6.67 Å². The lowest BCUT2D eigenvalue weighted by Gasteiger charge is -2.30. The fourth-order valence-electron chi connectivity index (χ4n) is 5.99. The van der Waals surface area contributed by atoms with Gasteiger partial charge in [-0.3, -0.25) is 0 Å². The quantitative estimate of drug-likeness (QED) is 0.302. The van der Waals surface area contributed by atoms with Crippen LogP contribution in [0.4, 0.5) is 22.7 Å². The smallest absolute Gasteiger partial charge is 0.0706 e. The van der Waals surface area contributed by atoms with Crippen molar-refractivity contribution in [3.05, 3.63) is 143 Å². The third kappa shape index (κ3) is 4.21. The molecule has 4 aromatic rings. The number of fused-ring (bicyclic) bond motifs is 4. The molecule has 190 valence electrons. The summed E-state index contributed by atoms with van der Waals surface area (Å²) in [4.78, 5) is 4.63. The van der Waals surface area contributed by atoms with Gasteiger partial charge in [-0.2, -0.15) is 0 Å². The summed E-state index contributed by atoms with van der Waals surface area (Å²) in [6.45, 7) is 0.432. The first-order valence-corrected chi connectivity index (χ1v) is 13.7. The van der Waals surface area contributed by atoms with Crippen molar-refractivity contribution >= 4 is 34.9 Å². The van der Waals surface area contributed by atoms with E-state index in [-0.39, 0.29) is 0 Å². The Kier molecular flexibility index (Phi) is 5.99. The SMILES string of the molecule is NCN1c2ccc(-c3ccc4c(c3)C=CC3=CCCC=C3N4c3ccccc3)cc2C=CCc2ccccc21. The highest BCUT2D eigenvalue weighted by molar-refractivity contribution is 5.87. The zero-order valence-corrected chi connectivity index (χ0v) is 21.9. The van der Waals surface area contributed by atoms with E-state index in [1.54, 1.807) is 0 Å². The number of para-hydroxylation sites is 2. The molecule has 4 aromatic carbocycles.